The molecule has 1 N–H and O–H groups in total. The van der Waals surface area contributed by atoms with E-state index in [1.165, 1.54) is 17.4 Å². The van der Waals surface area contributed by atoms with Crippen molar-refractivity contribution in [2.45, 2.75) is 6.92 Å². The molecule has 0 aliphatic heterocycles. The normalized spacial score (nSPS) is 11.0. The summed E-state index contributed by atoms with van der Waals surface area (Å²) >= 11 is 7.35. The summed E-state index contributed by atoms with van der Waals surface area (Å²) in [5.74, 6) is -1.35. The zero-order valence-corrected chi connectivity index (χ0v) is 11.8. The van der Waals surface area contributed by atoms with Crippen LogP contribution in [0.2, 0.25) is 5.28 Å². The molecule has 0 spiro atoms. The summed E-state index contributed by atoms with van der Waals surface area (Å²) in [6.07, 6.45) is 0. The Balaban J connectivity index is 2.07. The summed E-state index contributed by atoms with van der Waals surface area (Å²) in [5, 5.41) is 3.83. The van der Waals surface area contributed by atoms with Gasteiger partial charge in [0, 0.05) is 16.6 Å². The van der Waals surface area contributed by atoms with E-state index in [1.54, 1.807) is 0 Å². The molecule has 102 valence electrons. The molecule has 1 aromatic carbocycles. The molecule has 7 heteroatoms. The molecule has 0 aliphatic carbocycles. The fraction of sp³-hybridized carbons (Fsp3) is 0.0769. The lowest BCUT2D eigenvalue weighted by atomic mass is 10.3. The maximum Gasteiger partial charge on any atom is 0.225 e. The molecule has 0 unspecified atom stereocenters. The van der Waals surface area contributed by atoms with Crippen molar-refractivity contribution < 1.29 is 8.78 Å². The van der Waals surface area contributed by atoms with E-state index in [9.17, 15) is 8.78 Å². The molecule has 2 aromatic heterocycles. The van der Waals surface area contributed by atoms with E-state index < -0.39 is 11.6 Å². The van der Waals surface area contributed by atoms with Gasteiger partial charge in [0.2, 0.25) is 5.28 Å². The largest absolute Gasteiger partial charge is 0.339 e. The molecule has 20 heavy (non-hydrogen) atoms. The number of rotatable bonds is 2. The molecule has 0 saturated heterocycles. The number of hydrogen-bond acceptors (Lipinski definition) is 4. The second-order valence-electron chi connectivity index (χ2n) is 4.17. The summed E-state index contributed by atoms with van der Waals surface area (Å²) in [6, 6.07) is 5.46. The summed E-state index contributed by atoms with van der Waals surface area (Å²) in [4.78, 5) is 10.0. The molecule has 0 aliphatic rings. The smallest absolute Gasteiger partial charge is 0.225 e. The van der Waals surface area contributed by atoms with Crippen LogP contribution in [0.25, 0.3) is 10.2 Å². The molecule has 0 fully saturated rings. The number of thiophene rings is 1. The van der Waals surface area contributed by atoms with Crippen molar-refractivity contribution in [3.63, 3.8) is 0 Å². The number of nitrogens with zero attached hydrogens (tertiary/aromatic N) is 2. The van der Waals surface area contributed by atoms with Gasteiger partial charge in [-0.2, -0.15) is 4.98 Å². The first kappa shape index (κ1) is 13.2. The summed E-state index contributed by atoms with van der Waals surface area (Å²) < 4.78 is 26.1. The van der Waals surface area contributed by atoms with Gasteiger partial charge >= 0.3 is 0 Å². The molecule has 0 bridgehead atoms. The average molecular weight is 312 g/mol. The Bertz CT molecular complexity index is 804. The lowest BCUT2D eigenvalue weighted by molar-refractivity contribution is 0.509. The molecule has 3 nitrogen and oxygen atoms in total. The van der Waals surface area contributed by atoms with Gasteiger partial charge in [-0.1, -0.05) is 0 Å². The Kier molecular flexibility index (Phi) is 3.27. The highest BCUT2D eigenvalue weighted by Gasteiger charge is 2.11. The van der Waals surface area contributed by atoms with Crippen molar-refractivity contribution in [3.05, 3.63) is 46.1 Å². The van der Waals surface area contributed by atoms with E-state index in [2.05, 4.69) is 15.3 Å². The molecule has 3 rings (SSSR count). The second kappa shape index (κ2) is 4.96. The zero-order chi connectivity index (χ0) is 14.3. The molecule has 0 atom stereocenters. The fourth-order valence-corrected chi connectivity index (χ4v) is 2.92. The maximum absolute atomic E-state index is 13.2. The van der Waals surface area contributed by atoms with Crippen molar-refractivity contribution in [3.8, 4) is 0 Å². The molecular formula is C13H8ClF2N3S. The molecule has 3 aromatic rings. The average Bonchev–Trinajstić information content (AvgIpc) is 2.74. The minimum atomic E-state index is -0.923. The van der Waals surface area contributed by atoms with Crippen LogP contribution in [0.5, 0.6) is 0 Å². The third-order valence-electron chi connectivity index (χ3n) is 2.67. The molecular weight excluding hydrogens is 304 g/mol. The predicted molar refractivity (Wildman–Crippen MR) is 76.8 cm³/mol. The fourth-order valence-electron chi connectivity index (χ4n) is 1.82. The van der Waals surface area contributed by atoms with Crippen LogP contribution in [0.1, 0.15) is 4.88 Å². The van der Waals surface area contributed by atoms with E-state index in [0.29, 0.717) is 11.5 Å². The lowest BCUT2D eigenvalue weighted by Gasteiger charge is -2.07. The van der Waals surface area contributed by atoms with Gasteiger partial charge in [0.25, 0.3) is 0 Å². The Morgan fingerprint density at radius 2 is 1.95 bits per heavy atom. The van der Waals surface area contributed by atoms with E-state index in [4.69, 9.17) is 11.6 Å². The highest BCUT2D eigenvalue weighted by atomic mass is 35.5. The van der Waals surface area contributed by atoms with Crippen molar-refractivity contribution in [2.24, 2.45) is 0 Å². The standard InChI is InChI=1S/C13H8ClF2N3S/c1-6-4-8-11(18-13(14)19-12(8)20-6)17-7-2-3-9(15)10(16)5-7/h2-5H,1H3,(H,17,18,19). The number of anilines is 2. The molecule has 2 heterocycles. The third-order valence-corrected chi connectivity index (χ3v) is 3.78. The van der Waals surface area contributed by atoms with E-state index in [1.807, 2.05) is 13.0 Å². The first-order chi connectivity index (χ1) is 9.52. The Labute approximate surface area is 122 Å². The number of halogens is 3. The van der Waals surface area contributed by atoms with E-state index in [0.717, 1.165) is 27.2 Å². The number of fused-ring (bicyclic) bond motifs is 1. The first-order valence-corrected chi connectivity index (χ1v) is 6.88. The summed E-state index contributed by atoms with van der Waals surface area (Å²) in [7, 11) is 0. The van der Waals surface area contributed by atoms with Crippen molar-refractivity contribution >= 4 is 44.7 Å². The highest BCUT2D eigenvalue weighted by molar-refractivity contribution is 7.18. The van der Waals surface area contributed by atoms with Gasteiger partial charge in [-0.15, -0.1) is 11.3 Å². The number of hydrogen-bond donors (Lipinski definition) is 1. The highest BCUT2D eigenvalue weighted by Crippen LogP contribution is 2.31. The zero-order valence-electron chi connectivity index (χ0n) is 10.2. The van der Waals surface area contributed by atoms with Crippen LogP contribution in [0.15, 0.2) is 24.3 Å². The van der Waals surface area contributed by atoms with E-state index >= 15 is 0 Å². The van der Waals surface area contributed by atoms with Gasteiger partial charge in [0.05, 0.1) is 5.39 Å². The van der Waals surface area contributed by atoms with Crippen molar-refractivity contribution in [1.82, 2.24) is 9.97 Å². The van der Waals surface area contributed by atoms with Gasteiger partial charge < -0.3 is 5.32 Å². The van der Waals surface area contributed by atoms with Crippen molar-refractivity contribution in [1.29, 1.82) is 0 Å². The number of benzene rings is 1. The van der Waals surface area contributed by atoms with Crippen LogP contribution in [0, 0.1) is 18.6 Å². The second-order valence-corrected chi connectivity index (χ2v) is 5.74. The Hall–Kier alpha value is -1.79. The van der Waals surface area contributed by atoms with Crippen LogP contribution >= 0.6 is 22.9 Å². The van der Waals surface area contributed by atoms with Gasteiger partial charge in [0.15, 0.2) is 11.6 Å². The summed E-state index contributed by atoms with van der Waals surface area (Å²) in [6.45, 7) is 1.95. The first-order valence-electron chi connectivity index (χ1n) is 5.69. The maximum atomic E-state index is 13.2. The molecule has 0 saturated carbocycles. The quantitative estimate of drug-likeness (QED) is 0.699. The minimum Gasteiger partial charge on any atom is -0.339 e. The number of aryl methyl sites for hydroxylation is 1. The minimum absolute atomic E-state index is 0.101. The van der Waals surface area contributed by atoms with Crippen LogP contribution in [-0.4, -0.2) is 9.97 Å². The number of aromatic nitrogens is 2. The van der Waals surface area contributed by atoms with Crippen molar-refractivity contribution in [2.75, 3.05) is 5.32 Å². The topological polar surface area (TPSA) is 37.8 Å². The van der Waals surface area contributed by atoms with Gasteiger partial charge in [0.1, 0.15) is 10.6 Å². The molecule has 0 radical (unpaired) electrons. The number of nitrogens with one attached hydrogen (secondary N) is 1. The van der Waals surface area contributed by atoms with Crippen LogP contribution in [-0.2, 0) is 0 Å². The predicted octanol–water partition coefficient (Wildman–Crippen LogP) is 4.67. The van der Waals surface area contributed by atoms with Gasteiger partial charge in [-0.05, 0) is 36.7 Å². The van der Waals surface area contributed by atoms with Gasteiger partial charge in [-0.25, -0.2) is 13.8 Å². The van der Waals surface area contributed by atoms with Gasteiger partial charge in [-0.3, -0.25) is 0 Å². The van der Waals surface area contributed by atoms with E-state index in [-0.39, 0.29) is 5.28 Å². The monoisotopic (exact) mass is 311 g/mol. The van der Waals surface area contributed by atoms with Crippen LogP contribution < -0.4 is 5.32 Å². The van der Waals surface area contributed by atoms with Crippen LogP contribution in [0.4, 0.5) is 20.3 Å². The third kappa shape index (κ3) is 2.44. The summed E-state index contributed by atoms with van der Waals surface area (Å²) in [5.41, 5.74) is 0.392. The van der Waals surface area contributed by atoms with Crippen LogP contribution in [0.3, 0.4) is 0 Å². The SMILES string of the molecule is Cc1cc2c(Nc3ccc(F)c(F)c3)nc(Cl)nc2s1. The lowest BCUT2D eigenvalue weighted by Crippen LogP contribution is -1.97. The Morgan fingerprint density at radius 1 is 1.15 bits per heavy atom. The molecule has 0 amide bonds. The Morgan fingerprint density at radius 3 is 2.70 bits per heavy atom.